The maximum Gasteiger partial charge on any atom is 0.315 e. The number of rotatable bonds is 1. The summed E-state index contributed by atoms with van der Waals surface area (Å²) in [6.07, 6.45) is 0.923. The summed E-state index contributed by atoms with van der Waals surface area (Å²) in [5, 5.41) is 6.06. The van der Waals surface area contributed by atoms with Crippen LogP contribution in [0.4, 0.5) is 5.82 Å². The summed E-state index contributed by atoms with van der Waals surface area (Å²) in [5.74, 6) is 1.61. The number of anilines is 1. The molecule has 2 rings (SSSR count). The first-order valence-corrected chi connectivity index (χ1v) is 6.93. The van der Waals surface area contributed by atoms with Crippen molar-refractivity contribution < 1.29 is 14.1 Å². The highest BCUT2D eigenvalue weighted by Gasteiger charge is 2.23. The Labute approximate surface area is 109 Å². The molecule has 2 amide bonds. The number of aryl methyl sites for hydroxylation is 1. The third kappa shape index (κ3) is 3.25. The normalized spacial score (nSPS) is 16.2. The second kappa shape index (κ2) is 5.90. The Morgan fingerprint density at radius 1 is 1.44 bits per heavy atom. The van der Waals surface area contributed by atoms with Gasteiger partial charge in [0.05, 0.1) is 0 Å². The molecule has 1 aliphatic rings. The molecule has 2 heterocycles. The van der Waals surface area contributed by atoms with Gasteiger partial charge in [0.2, 0.25) is 0 Å². The van der Waals surface area contributed by atoms with Gasteiger partial charge in [0.25, 0.3) is 0 Å². The number of amides is 2. The number of nitrogens with one attached hydrogen (secondary N) is 1. The van der Waals surface area contributed by atoms with Crippen LogP contribution in [0.5, 0.6) is 0 Å². The van der Waals surface area contributed by atoms with Gasteiger partial charge < -0.3 is 9.42 Å². The van der Waals surface area contributed by atoms with E-state index in [0.717, 1.165) is 17.9 Å². The first kappa shape index (κ1) is 12.9. The van der Waals surface area contributed by atoms with Crippen molar-refractivity contribution in [3.63, 3.8) is 0 Å². The molecule has 0 atom stereocenters. The van der Waals surface area contributed by atoms with Gasteiger partial charge in [0.1, 0.15) is 5.76 Å². The zero-order valence-corrected chi connectivity index (χ0v) is 11.0. The number of carbonyl (C=O) groups excluding carboxylic acids is 2. The van der Waals surface area contributed by atoms with Crippen LogP contribution < -0.4 is 5.32 Å². The van der Waals surface area contributed by atoms with Gasteiger partial charge >= 0.3 is 11.8 Å². The first-order chi connectivity index (χ1) is 8.66. The SMILES string of the molecule is Cc1cc(NC(=O)C(=O)N2CCCSCC2)no1. The van der Waals surface area contributed by atoms with Crippen molar-refractivity contribution in [2.45, 2.75) is 13.3 Å². The third-order valence-electron chi connectivity index (χ3n) is 2.57. The molecule has 7 heteroatoms. The molecule has 18 heavy (non-hydrogen) atoms. The molecule has 0 bridgehead atoms. The van der Waals surface area contributed by atoms with Crippen LogP contribution in [0.25, 0.3) is 0 Å². The Morgan fingerprint density at radius 2 is 2.28 bits per heavy atom. The van der Waals surface area contributed by atoms with E-state index in [1.807, 2.05) is 0 Å². The van der Waals surface area contributed by atoms with E-state index < -0.39 is 11.8 Å². The average Bonchev–Trinajstić information content (AvgIpc) is 2.62. The monoisotopic (exact) mass is 269 g/mol. The fourth-order valence-corrected chi connectivity index (χ4v) is 2.57. The predicted octanol–water partition coefficient (Wildman–Crippen LogP) is 0.887. The molecular formula is C11H15N3O3S. The predicted molar refractivity (Wildman–Crippen MR) is 68.4 cm³/mol. The Kier molecular flexibility index (Phi) is 4.24. The van der Waals surface area contributed by atoms with Crippen molar-refractivity contribution in [1.29, 1.82) is 0 Å². The molecule has 0 unspecified atom stereocenters. The largest absolute Gasteiger partial charge is 0.360 e. The van der Waals surface area contributed by atoms with Crippen LogP contribution in [0, 0.1) is 6.92 Å². The number of carbonyl (C=O) groups is 2. The molecule has 0 radical (unpaired) electrons. The van der Waals surface area contributed by atoms with Crippen LogP contribution in [0.2, 0.25) is 0 Å². The van der Waals surface area contributed by atoms with E-state index in [2.05, 4.69) is 10.5 Å². The molecule has 0 aromatic carbocycles. The molecule has 1 aromatic heterocycles. The fourth-order valence-electron chi connectivity index (χ4n) is 1.69. The topological polar surface area (TPSA) is 75.4 Å². The number of aromatic nitrogens is 1. The lowest BCUT2D eigenvalue weighted by Crippen LogP contribution is -2.40. The maximum atomic E-state index is 11.9. The zero-order valence-electron chi connectivity index (χ0n) is 10.1. The van der Waals surface area contributed by atoms with Crippen LogP contribution in [-0.2, 0) is 9.59 Å². The highest BCUT2D eigenvalue weighted by Crippen LogP contribution is 2.11. The minimum Gasteiger partial charge on any atom is -0.360 e. The lowest BCUT2D eigenvalue weighted by atomic mass is 10.3. The van der Waals surface area contributed by atoms with E-state index >= 15 is 0 Å². The average molecular weight is 269 g/mol. The highest BCUT2D eigenvalue weighted by atomic mass is 32.2. The smallest absolute Gasteiger partial charge is 0.315 e. The number of nitrogens with zero attached hydrogens (tertiary/aromatic N) is 2. The molecule has 1 saturated heterocycles. The lowest BCUT2D eigenvalue weighted by Gasteiger charge is -2.18. The van der Waals surface area contributed by atoms with Crippen LogP contribution in [0.1, 0.15) is 12.2 Å². The van der Waals surface area contributed by atoms with Crippen LogP contribution in [-0.4, -0.2) is 46.5 Å². The second-order valence-electron chi connectivity index (χ2n) is 4.04. The van der Waals surface area contributed by atoms with Gasteiger partial charge in [0.15, 0.2) is 5.82 Å². The summed E-state index contributed by atoms with van der Waals surface area (Å²) in [6.45, 7) is 2.97. The van der Waals surface area contributed by atoms with E-state index in [9.17, 15) is 9.59 Å². The number of hydrogen-bond donors (Lipinski definition) is 1. The summed E-state index contributed by atoms with van der Waals surface area (Å²) < 4.78 is 4.82. The fraction of sp³-hybridized carbons (Fsp3) is 0.545. The van der Waals surface area contributed by atoms with Gasteiger partial charge in [-0.15, -0.1) is 0 Å². The molecule has 1 aliphatic heterocycles. The molecule has 0 saturated carbocycles. The van der Waals surface area contributed by atoms with Crippen molar-refractivity contribution in [1.82, 2.24) is 10.1 Å². The van der Waals surface area contributed by atoms with Gasteiger partial charge in [0, 0.05) is 24.9 Å². The Bertz CT molecular complexity index is 438. The van der Waals surface area contributed by atoms with Crippen molar-refractivity contribution in [2.24, 2.45) is 0 Å². The summed E-state index contributed by atoms with van der Waals surface area (Å²) >= 11 is 1.80. The van der Waals surface area contributed by atoms with Crippen molar-refractivity contribution in [3.8, 4) is 0 Å². The van der Waals surface area contributed by atoms with E-state index in [4.69, 9.17) is 4.52 Å². The van der Waals surface area contributed by atoms with Crippen molar-refractivity contribution in [3.05, 3.63) is 11.8 Å². The summed E-state index contributed by atoms with van der Waals surface area (Å²) in [7, 11) is 0. The Morgan fingerprint density at radius 3 is 3.00 bits per heavy atom. The van der Waals surface area contributed by atoms with Crippen LogP contribution in [0.3, 0.4) is 0 Å². The van der Waals surface area contributed by atoms with E-state index in [1.165, 1.54) is 0 Å². The molecule has 98 valence electrons. The zero-order chi connectivity index (χ0) is 13.0. The van der Waals surface area contributed by atoms with Gasteiger partial charge in [-0.25, -0.2) is 0 Å². The molecule has 1 aromatic rings. The third-order valence-corrected chi connectivity index (χ3v) is 3.62. The quantitative estimate of drug-likeness (QED) is 0.766. The van der Waals surface area contributed by atoms with E-state index in [-0.39, 0.29) is 5.82 Å². The highest BCUT2D eigenvalue weighted by molar-refractivity contribution is 7.99. The van der Waals surface area contributed by atoms with Crippen LogP contribution in [0.15, 0.2) is 10.6 Å². The van der Waals surface area contributed by atoms with E-state index in [0.29, 0.717) is 18.8 Å². The molecule has 1 fully saturated rings. The van der Waals surface area contributed by atoms with E-state index in [1.54, 1.807) is 29.7 Å². The molecule has 0 aliphatic carbocycles. The molecule has 6 nitrogen and oxygen atoms in total. The standard InChI is InChI=1S/C11H15N3O3S/c1-8-7-9(13-17-8)12-10(15)11(16)14-3-2-5-18-6-4-14/h7H,2-6H2,1H3,(H,12,13,15). The van der Waals surface area contributed by atoms with Gasteiger partial charge in [-0.3, -0.25) is 14.9 Å². The Balaban J connectivity index is 1.93. The summed E-state index contributed by atoms with van der Waals surface area (Å²) in [6, 6.07) is 1.57. The van der Waals surface area contributed by atoms with Crippen LogP contribution >= 0.6 is 11.8 Å². The number of hydrogen-bond acceptors (Lipinski definition) is 5. The molecule has 0 spiro atoms. The lowest BCUT2D eigenvalue weighted by molar-refractivity contribution is -0.142. The minimum absolute atomic E-state index is 0.273. The van der Waals surface area contributed by atoms with Gasteiger partial charge in [-0.2, -0.15) is 11.8 Å². The van der Waals surface area contributed by atoms with Gasteiger partial charge in [-0.1, -0.05) is 5.16 Å². The van der Waals surface area contributed by atoms with Crippen molar-refractivity contribution >= 4 is 29.4 Å². The first-order valence-electron chi connectivity index (χ1n) is 5.78. The minimum atomic E-state index is -0.657. The maximum absolute atomic E-state index is 11.9. The summed E-state index contributed by atoms with van der Waals surface area (Å²) in [5.41, 5.74) is 0. The molecular weight excluding hydrogens is 254 g/mol. The Hall–Kier alpha value is -1.50. The number of thioether (sulfide) groups is 1. The van der Waals surface area contributed by atoms with Gasteiger partial charge in [-0.05, 0) is 19.1 Å². The second-order valence-corrected chi connectivity index (χ2v) is 5.26. The summed E-state index contributed by atoms with van der Waals surface area (Å²) in [4.78, 5) is 25.2. The molecule has 1 N–H and O–H groups in total. The van der Waals surface area contributed by atoms with Crippen molar-refractivity contribution in [2.75, 3.05) is 29.9 Å².